The zero-order valence-corrected chi connectivity index (χ0v) is 11.1. The van der Waals surface area contributed by atoms with Crippen molar-refractivity contribution in [1.29, 1.82) is 0 Å². The summed E-state index contributed by atoms with van der Waals surface area (Å²) in [7, 11) is 0. The molecule has 0 unspecified atom stereocenters. The van der Waals surface area contributed by atoms with Crippen LogP contribution in [0.2, 0.25) is 0 Å². The van der Waals surface area contributed by atoms with Gasteiger partial charge >= 0.3 is 0 Å². The third-order valence-electron chi connectivity index (χ3n) is 3.67. The molecule has 1 aromatic carbocycles. The Morgan fingerprint density at radius 2 is 1.89 bits per heavy atom. The van der Waals surface area contributed by atoms with Crippen LogP contribution in [0.1, 0.15) is 36.1 Å². The number of aromatic nitrogens is 1. The highest BCUT2D eigenvalue weighted by atomic mass is 16.3. The molecule has 2 nitrogen and oxygen atoms in total. The molecule has 1 aliphatic rings. The van der Waals surface area contributed by atoms with Crippen LogP contribution < -0.4 is 0 Å². The first-order valence-corrected chi connectivity index (χ1v) is 6.69. The summed E-state index contributed by atoms with van der Waals surface area (Å²) in [5, 5.41) is 10.1. The Labute approximate surface area is 113 Å². The largest absolute Gasteiger partial charge is 0.507 e. The van der Waals surface area contributed by atoms with Gasteiger partial charge in [-0.1, -0.05) is 17.7 Å². The molecule has 1 aromatic heterocycles. The van der Waals surface area contributed by atoms with Crippen molar-refractivity contribution in [3.8, 4) is 5.75 Å². The van der Waals surface area contributed by atoms with Gasteiger partial charge in [0.05, 0.1) is 5.69 Å². The van der Waals surface area contributed by atoms with Crippen LogP contribution >= 0.6 is 0 Å². The second-order valence-electron chi connectivity index (χ2n) is 5.05. The first-order chi connectivity index (χ1) is 9.25. The number of nitrogens with zero attached hydrogens (tertiary/aromatic N) is 1. The Kier molecular flexibility index (Phi) is 3.08. The predicted molar refractivity (Wildman–Crippen MR) is 77.7 cm³/mol. The van der Waals surface area contributed by atoms with Crippen LogP contribution in [0.15, 0.2) is 42.6 Å². The van der Waals surface area contributed by atoms with Gasteiger partial charge in [0.1, 0.15) is 5.75 Å². The average molecular weight is 251 g/mol. The summed E-state index contributed by atoms with van der Waals surface area (Å²) in [5.41, 5.74) is 5.71. The standard InChI is InChI=1S/C17H17NO/c1-12-8-9-17(19)15(11-12)13-5-4-6-14(13)16-7-2-3-10-18-16/h2-3,7-11,19H,4-6H2,1H3. The number of phenolic OH excluding ortho intramolecular Hbond substituents is 1. The minimum Gasteiger partial charge on any atom is -0.507 e. The van der Waals surface area contributed by atoms with Crippen molar-refractivity contribution in [2.24, 2.45) is 0 Å². The van der Waals surface area contributed by atoms with Gasteiger partial charge in [0.25, 0.3) is 0 Å². The fraction of sp³-hybridized carbons (Fsp3) is 0.235. The summed E-state index contributed by atoms with van der Waals surface area (Å²) < 4.78 is 0. The SMILES string of the molecule is Cc1ccc(O)c(C2=C(c3ccccn3)CCC2)c1. The van der Waals surface area contributed by atoms with E-state index in [0.29, 0.717) is 5.75 Å². The maximum Gasteiger partial charge on any atom is 0.123 e. The molecule has 0 spiro atoms. The van der Waals surface area contributed by atoms with Crippen molar-refractivity contribution in [3.05, 3.63) is 59.4 Å². The number of benzene rings is 1. The van der Waals surface area contributed by atoms with Gasteiger partial charge in [0.15, 0.2) is 0 Å². The van der Waals surface area contributed by atoms with Gasteiger partial charge in [0, 0.05) is 11.8 Å². The normalized spacial score (nSPS) is 15.0. The van der Waals surface area contributed by atoms with Crippen LogP contribution in [0.5, 0.6) is 5.75 Å². The van der Waals surface area contributed by atoms with Gasteiger partial charge in [-0.3, -0.25) is 4.98 Å². The van der Waals surface area contributed by atoms with Crippen LogP contribution in [0.25, 0.3) is 11.1 Å². The lowest BCUT2D eigenvalue weighted by atomic mass is 9.97. The number of hydrogen-bond acceptors (Lipinski definition) is 2. The topological polar surface area (TPSA) is 33.1 Å². The van der Waals surface area contributed by atoms with Gasteiger partial charge in [-0.05, 0) is 61.6 Å². The minimum atomic E-state index is 0.371. The van der Waals surface area contributed by atoms with E-state index < -0.39 is 0 Å². The van der Waals surface area contributed by atoms with E-state index in [-0.39, 0.29) is 0 Å². The van der Waals surface area contributed by atoms with Crippen LogP contribution in [0.4, 0.5) is 0 Å². The summed E-state index contributed by atoms with van der Waals surface area (Å²) in [6, 6.07) is 11.8. The summed E-state index contributed by atoms with van der Waals surface area (Å²) >= 11 is 0. The van der Waals surface area contributed by atoms with Gasteiger partial charge in [0.2, 0.25) is 0 Å². The zero-order chi connectivity index (χ0) is 13.2. The zero-order valence-electron chi connectivity index (χ0n) is 11.1. The number of phenols is 1. The molecule has 0 amide bonds. The highest BCUT2D eigenvalue weighted by Crippen LogP contribution is 2.41. The molecule has 1 N–H and O–H groups in total. The third-order valence-corrected chi connectivity index (χ3v) is 3.67. The summed E-state index contributed by atoms with van der Waals surface area (Å²) in [4.78, 5) is 4.45. The van der Waals surface area contributed by atoms with Crippen molar-refractivity contribution in [2.45, 2.75) is 26.2 Å². The fourth-order valence-electron chi connectivity index (χ4n) is 2.76. The van der Waals surface area contributed by atoms with E-state index in [1.807, 2.05) is 30.5 Å². The molecule has 1 heterocycles. The average Bonchev–Trinajstić information content (AvgIpc) is 2.91. The summed E-state index contributed by atoms with van der Waals surface area (Å²) in [5.74, 6) is 0.371. The number of aryl methyl sites for hydroxylation is 1. The fourth-order valence-corrected chi connectivity index (χ4v) is 2.76. The molecular weight excluding hydrogens is 234 g/mol. The summed E-state index contributed by atoms with van der Waals surface area (Å²) in [6.45, 7) is 2.05. The molecule has 2 aromatic rings. The van der Waals surface area contributed by atoms with E-state index in [1.54, 1.807) is 6.07 Å². The first-order valence-electron chi connectivity index (χ1n) is 6.69. The van der Waals surface area contributed by atoms with Crippen LogP contribution in [-0.4, -0.2) is 10.1 Å². The van der Waals surface area contributed by atoms with Gasteiger partial charge < -0.3 is 5.11 Å². The lowest BCUT2D eigenvalue weighted by molar-refractivity contribution is 0.473. The molecular formula is C17H17NO. The molecule has 0 fully saturated rings. The lowest BCUT2D eigenvalue weighted by Gasteiger charge is -2.10. The Bertz CT molecular complexity index is 629. The van der Waals surface area contributed by atoms with E-state index in [1.165, 1.54) is 16.7 Å². The monoisotopic (exact) mass is 251 g/mol. The summed E-state index contributed by atoms with van der Waals surface area (Å²) in [6.07, 6.45) is 5.02. The highest BCUT2D eigenvalue weighted by Gasteiger charge is 2.20. The number of rotatable bonds is 2. The van der Waals surface area contributed by atoms with Crippen LogP contribution in [0, 0.1) is 6.92 Å². The Balaban J connectivity index is 2.14. The van der Waals surface area contributed by atoms with Crippen molar-refractivity contribution in [3.63, 3.8) is 0 Å². The van der Waals surface area contributed by atoms with E-state index in [0.717, 1.165) is 30.5 Å². The molecule has 0 saturated heterocycles. The molecule has 0 bridgehead atoms. The molecule has 1 aliphatic carbocycles. The van der Waals surface area contributed by atoms with Gasteiger partial charge in [-0.25, -0.2) is 0 Å². The maximum absolute atomic E-state index is 10.1. The van der Waals surface area contributed by atoms with E-state index in [4.69, 9.17) is 0 Å². The quantitative estimate of drug-likeness (QED) is 0.868. The van der Waals surface area contributed by atoms with Crippen molar-refractivity contribution in [2.75, 3.05) is 0 Å². The predicted octanol–water partition coefficient (Wildman–Crippen LogP) is 4.19. The van der Waals surface area contributed by atoms with E-state index in [9.17, 15) is 5.11 Å². The van der Waals surface area contributed by atoms with Crippen molar-refractivity contribution < 1.29 is 5.11 Å². The number of allylic oxidation sites excluding steroid dienone is 2. The van der Waals surface area contributed by atoms with Crippen LogP contribution in [-0.2, 0) is 0 Å². The number of aromatic hydroxyl groups is 1. The van der Waals surface area contributed by atoms with Gasteiger partial charge in [-0.15, -0.1) is 0 Å². The molecule has 3 rings (SSSR count). The highest BCUT2D eigenvalue weighted by molar-refractivity contribution is 5.93. The molecule has 0 atom stereocenters. The molecule has 96 valence electrons. The molecule has 0 aliphatic heterocycles. The second kappa shape index (κ2) is 4.88. The maximum atomic E-state index is 10.1. The molecule has 19 heavy (non-hydrogen) atoms. The van der Waals surface area contributed by atoms with E-state index >= 15 is 0 Å². The smallest absolute Gasteiger partial charge is 0.123 e. The second-order valence-corrected chi connectivity index (χ2v) is 5.05. The Hall–Kier alpha value is -2.09. The van der Waals surface area contributed by atoms with E-state index in [2.05, 4.69) is 18.0 Å². The Morgan fingerprint density at radius 1 is 1.05 bits per heavy atom. The lowest BCUT2D eigenvalue weighted by Crippen LogP contribution is -1.90. The minimum absolute atomic E-state index is 0.371. The molecule has 0 radical (unpaired) electrons. The third kappa shape index (κ3) is 2.26. The molecule has 0 saturated carbocycles. The Morgan fingerprint density at radius 3 is 2.68 bits per heavy atom. The first kappa shape index (κ1) is 12.0. The number of pyridine rings is 1. The van der Waals surface area contributed by atoms with Gasteiger partial charge in [-0.2, -0.15) is 0 Å². The number of hydrogen-bond donors (Lipinski definition) is 1. The van der Waals surface area contributed by atoms with Crippen molar-refractivity contribution >= 4 is 11.1 Å². The molecule has 2 heteroatoms. The van der Waals surface area contributed by atoms with Crippen LogP contribution in [0.3, 0.4) is 0 Å². The van der Waals surface area contributed by atoms with Crippen molar-refractivity contribution in [1.82, 2.24) is 4.98 Å².